The first-order valence-corrected chi connectivity index (χ1v) is 12.5. The predicted octanol–water partition coefficient (Wildman–Crippen LogP) is 6.88. The molecule has 4 aromatic rings. The summed E-state index contributed by atoms with van der Waals surface area (Å²) in [5, 5.41) is 3.75. The largest absolute Gasteiger partial charge is 0.454 e. The Bertz CT molecular complexity index is 1480. The maximum Gasteiger partial charge on any atom is 0.343 e. The average molecular weight is 500 g/mol. The molecule has 0 bridgehead atoms. The molecule has 1 aliphatic rings. The number of nitrogens with one attached hydrogen (secondary N) is 1. The summed E-state index contributed by atoms with van der Waals surface area (Å²) in [5.41, 5.74) is 3.69. The molecule has 2 aromatic heterocycles. The lowest BCUT2D eigenvalue weighted by atomic mass is 9.82. The van der Waals surface area contributed by atoms with Gasteiger partial charge in [-0.25, -0.2) is 9.78 Å². The lowest BCUT2D eigenvalue weighted by molar-refractivity contribution is 0.0735. The minimum atomic E-state index is -0.479. The van der Waals surface area contributed by atoms with Crippen molar-refractivity contribution in [2.75, 3.05) is 12.1 Å². The Balaban J connectivity index is 1.55. The van der Waals surface area contributed by atoms with Crippen molar-refractivity contribution in [3.8, 4) is 28.5 Å². The highest BCUT2D eigenvalue weighted by atomic mass is 16.7. The minimum absolute atomic E-state index is 0.131. The standard InChI is InChI=1S/C30H33N3O4/c1-19-13-14-33-25(15-19)31-26(27(33)32-30(5,6)17-29(2,3)4)21-9-7-8-10-22(21)37-28(34)20-11-12-23-24(16-20)36-18-35-23/h7-16,32H,17-18H2,1-6H3. The van der Waals surface area contributed by atoms with E-state index in [1.165, 1.54) is 0 Å². The summed E-state index contributed by atoms with van der Waals surface area (Å²) in [6, 6.07) is 16.6. The van der Waals surface area contributed by atoms with Crippen molar-refractivity contribution in [2.24, 2.45) is 5.41 Å². The van der Waals surface area contributed by atoms with Gasteiger partial charge >= 0.3 is 5.97 Å². The van der Waals surface area contributed by atoms with E-state index < -0.39 is 5.97 Å². The highest BCUT2D eigenvalue weighted by molar-refractivity contribution is 5.93. The van der Waals surface area contributed by atoms with Crippen LogP contribution in [0.2, 0.25) is 0 Å². The summed E-state index contributed by atoms with van der Waals surface area (Å²) in [6.45, 7) is 13.3. The summed E-state index contributed by atoms with van der Waals surface area (Å²) >= 11 is 0. The van der Waals surface area contributed by atoms with Crippen LogP contribution in [0.1, 0.15) is 57.0 Å². The van der Waals surface area contributed by atoms with E-state index in [0.29, 0.717) is 22.8 Å². The lowest BCUT2D eigenvalue weighted by Crippen LogP contribution is -2.36. The number of aromatic nitrogens is 2. The van der Waals surface area contributed by atoms with E-state index in [1.807, 2.05) is 37.4 Å². The van der Waals surface area contributed by atoms with Gasteiger partial charge in [0.1, 0.15) is 22.9 Å². The van der Waals surface area contributed by atoms with Gasteiger partial charge < -0.3 is 19.5 Å². The molecule has 37 heavy (non-hydrogen) atoms. The fourth-order valence-electron chi connectivity index (χ4n) is 5.08. The maximum absolute atomic E-state index is 13.1. The van der Waals surface area contributed by atoms with Crippen LogP contribution in [-0.2, 0) is 0 Å². The van der Waals surface area contributed by atoms with Gasteiger partial charge in [0, 0.05) is 17.3 Å². The Hall–Kier alpha value is -4.00. The molecule has 7 nitrogen and oxygen atoms in total. The molecule has 0 aliphatic carbocycles. The highest BCUT2D eigenvalue weighted by Crippen LogP contribution is 2.39. The van der Waals surface area contributed by atoms with Gasteiger partial charge in [-0.2, -0.15) is 0 Å². The number of ether oxygens (including phenoxy) is 3. The molecule has 0 unspecified atom stereocenters. The van der Waals surface area contributed by atoms with Crippen LogP contribution >= 0.6 is 0 Å². The number of fused-ring (bicyclic) bond motifs is 2. The Labute approximate surface area is 217 Å². The van der Waals surface area contributed by atoms with Crippen LogP contribution in [0.15, 0.2) is 60.8 Å². The van der Waals surface area contributed by atoms with Crippen molar-refractivity contribution in [3.05, 3.63) is 71.9 Å². The second-order valence-electron chi connectivity index (χ2n) is 11.4. The summed E-state index contributed by atoms with van der Waals surface area (Å²) in [4.78, 5) is 18.1. The zero-order chi connectivity index (χ0) is 26.4. The number of benzene rings is 2. The van der Waals surface area contributed by atoms with Crippen LogP contribution < -0.4 is 19.5 Å². The number of carbonyl (C=O) groups excluding carboxylic acids is 1. The molecule has 5 rings (SSSR count). The second-order valence-corrected chi connectivity index (χ2v) is 11.4. The Morgan fingerprint density at radius 3 is 2.57 bits per heavy atom. The van der Waals surface area contributed by atoms with E-state index in [1.54, 1.807) is 24.3 Å². The van der Waals surface area contributed by atoms with Crippen molar-refractivity contribution >= 4 is 17.4 Å². The quantitative estimate of drug-likeness (QED) is 0.230. The molecule has 7 heteroatoms. The van der Waals surface area contributed by atoms with E-state index in [9.17, 15) is 4.79 Å². The number of aryl methyl sites for hydroxylation is 1. The fourth-order valence-corrected chi connectivity index (χ4v) is 5.08. The van der Waals surface area contributed by atoms with Gasteiger partial charge in [0.2, 0.25) is 6.79 Å². The molecule has 3 heterocycles. The third kappa shape index (κ3) is 5.26. The zero-order valence-electron chi connectivity index (χ0n) is 22.2. The number of nitrogens with zero attached hydrogens (tertiary/aromatic N) is 2. The smallest absolute Gasteiger partial charge is 0.343 e. The lowest BCUT2D eigenvalue weighted by Gasteiger charge is -2.34. The van der Waals surface area contributed by atoms with Gasteiger partial charge in [0.25, 0.3) is 0 Å². The average Bonchev–Trinajstić information content (AvgIpc) is 3.41. The number of pyridine rings is 1. The van der Waals surface area contributed by atoms with Gasteiger partial charge in [-0.3, -0.25) is 4.40 Å². The van der Waals surface area contributed by atoms with Crippen molar-refractivity contribution in [3.63, 3.8) is 0 Å². The molecule has 0 saturated heterocycles. The zero-order valence-corrected chi connectivity index (χ0v) is 22.2. The molecule has 0 saturated carbocycles. The molecule has 0 radical (unpaired) electrons. The number of esters is 1. The van der Waals surface area contributed by atoms with E-state index in [-0.39, 0.29) is 17.7 Å². The van der Waals surface area contributed by atoms with Crippen molar-refractivity contribution < 1.29 is 19.0 Å². The molecular weight excluding hydrogens is 466 g/mol. The molecule has 0 spiro atoms. The van der Waals surface area contributed by atoms with Crippen LogP contribution in [0.5, 0.6) is 17.2 Å². The molecule has 0 amide bonds. The third-order valence-electron chi connectivity index (χ3n) is 6.16. The Morgan fingerprint density at radius 1 is 1.03 bits per heavy atom. The third-order valence-corrected chi connectivity index (χ3v) is 6.16. The van der Waals surface area contributed by atoms with Crippen molar-refractivity contribution in [1.82, 2.24) is 9.38 Å². The Kier molecular flexibility index (Phi) is 6.10. The van der Waals surface area contributed by atoms with E-state index in [0.717, 1.165) is 34.7 Å². The molecule has 2 aromatic carbocycles. The summed E-state index contributed by atoms with van der Waals surface area (Å²) in [5.74, 6) is 1.96. The molecular formula is C30H33N3O4. The summed E-state index contributed by atoms with van der Waals surface area (Å²) < 4.78 is 18.8. The van der Waals surface area contributed by atoms with Gasteiger partial charge in [-0.05, 0) is 80.6 Å². The normalized spacial score (nSPS) is 13.1. The molecule has 1 N–H and O–H groups in total. The van der Waals surface area contributed by atoms with E-state index in [2.05, 4.69) is 50.4 Å². The number of hydrogen-bond acceptors (Lipinski definition) is 6. The summed E-state index contributed by atoms with van der Waals surface area (Å²) in [6.07, 6.45) is 2.97. The van der Waals surface area contributed by atoms with Gasteiger partial charge in [0.15, 0.2) is 11.5 Å². The highest BCUT2D eigenvalue weighted by Gasteiger charge is 2.29. The first-order chi connectivity index (χ1) is 17.5. The predicted molar refractivity (Wildman–Crippen MR) is 145 cm³/mol. The number of imidazole rings is 1. The van der Waals surface area contributed by atoms with Crippen LogP contribution in [0.4, 0.5) is 5.82 Å². The van der Waals surface area contributed by atoms with Crippen LogP contribution in [0.3, 0.4) is 0 Å². The van der Waals surface area contributed by atoms with E-state index in [4.69, 9.17) is 19.2 Å². The van der Waals surface area contributed by atoms with Crippen molar-refractivity contribution in [2.45, 2.75) is 53.5 Å². The maximum atomic E-state index is 13.1. The van der Waals surface area contributed by atoms with Crippen LogP contribution in [-0.4, -0.2) is 27.7 Å². The van der Waals surface area contributed by atoms with Crippen LogP contribution in [0.25, 0.3) is 16.9 Å². The topological polar surface area (TPSA) is 74.1 Å². The molecule has 0 fully saturated rings. The molecule has 0 atom stereocenters. The Morgan fingerprint density at radius 2 is 1.78 bits per heavy atom. The monoisotopic (exact) mass is 499 g/mol. The first kappa shape index (κ1) is 24.7. The van der Waals surface area contributed by atoms with Gasteiger partial charge in [-0.15, -0.1) is 0 Å². The molecule has 192 valence electrons. The van der Waals surface area contributed by atoms with Crippen LogP contribution in [0, 0.1) is 12.3 Å². The van der Waals surface area contributed by atoms with Gasteiger partial charge in [0.05, 0.1) is 5.56 Å². The summed E-state index contributed by atoms with van der Waals surface area (Å²) in [7, 11) is 0. The first-order valence-electron chi connectivity index (χ1n) is 12.5. The number of para-hydroxylation sites is 1. The minimum Gasteiger partial charge on any atom is -0.454 e. The fraction of sp³-hybridized carbons (Fsp3) is 0.333. The SMILES string of the molecule is Cc1ccn2c(NC(C)(C)CC(C)(C)C)c(-c3ccccc3OC(=O)c3ccc4c(c3)OCO4)nc2c1. The number of anilines is 1. The molecule has 1 aliphatic heterocycles. The van der Waals surface area contributed by atoms with Gasteiger partial charge in [-0.1, -0.05) is 32.9 Å². The van der Waals surface area contributed by atoms with E-state index >= 15 is 0 Å². The second kappa shape index (κ2) is 9.14. The number of carbonyl (C=O) groups is 1. The van der Waals surface area contributed by atoms with Crippen molar-refractivity contribution in [1.29, 1.82) is 0 Å². The number of rotatable bonds is 6. The number of hydrogen-bond donors (Lipinski definition) is 1.